The van der Waals surface area contributed by atoms with Gasteiger partial charge in [-0.1, -0.05) is 5.92 Å². The Hall–Kier alpha value is -3.01. The number of hydrogen-bond donors (Lipinski definition) is 4. The number of H-pyrrole nitrogens is 1. The average Bonchev–Trinajstić information content (AvgIpc) is 2.67. The van der Waals surface area contributed by atoms with Gasteiger partial charge in [0.2, 0.25) is 5.43 Å². The van der Waals surface area contributed by atoms with Crippen LogP contribution in [0.3, 0.4) is 0 Å². The second kappa shape index (κ2) is 9.23. The molecule has 9 nitrogen and oxygen atoms in total. The summed E-state index contributed by atoms with van der Waals surface area (Å²) < 4.78 is 55.7. The van der Waals surface area contributed by atoms with E-state index in [0.29, 0.717) is 32.4 Å². The lowest BCUT2D eigenvalue weighted by Crippen LogP contribution is -2.44. The van der Waals surface area contributed by atoms with Crippen LogP contribution in [0.2, 0.25) is 0 Å². The maximum atomic E-state index is 15.2. The van der Waals surface area contributed by atoms with E-state index in [0.717, 1.165) is 6.07 Å². The fourth-order valence-electron chi connectivity index (χ4n) is 3.27. The van der Waals surface area contributed by atoms with Crippen molar-refractivity contribution in [2.45, 2.75) is 19.3 Å². The first-order valence-electron chi connectivity index (χ1n) is 9.36. The van der Waals surface area contributed by atoms with Gasteiger partial charge >= 0.3 is 5.97 Å². The molecule has 1 aromatic carbocycles. The first-order valence-corrected chi connectivity index (χ1v) is 11.2. The molecule has 0 spiro atoms. The SMILES string of the molecule is C#CC(C)(C)c1[nH]c2c(F)c(N3CCNCC3)c(F)cc2c(=O)c1C(=O)O.CS(=O)(=O)O. The van der Waals surface area contributed by atoms with Gasteiger partial charge in [0.05, 0.1) is 28.3 Å². The number of nitrogens with one attached hydrogen (secondary N) is 2. The van der Waals surface area contributed by atoms with Crippen molar-refractivity contribution in [3.8, 4) is 12.3 Å². The normalized spacial score (nSPS) is 14.5. The third kappa shape index (κ3) is 5.42. The average molecular weight is 471 g/mol. The monoisotopic (exact) mass is 471 g/mol. The number of hydrogen-bond acceptors (Lipinski definition) is 6. The Balaban J connectivity index is 0.000000654. The first-order chi connectivity index (χ1) is 14.7. The zero-order chi connectivity index (χ0) is 24.4. The lowest BCUT2D eigenvalue weighted by atomic mass is 9.86. The van der Waals surface area contributed by atoms with E-state index in [2.05, 4.69) is 16.2 Å². The van der Waals surface area contributed by atoms with E-state index in [1.54, 1.807) is 4.90 Å². The van der Waals surface area contributed by atoms with Crippen LogP contribution in [-0.4, -0.2) is 61.5 Å². The van der Waals surface area contributed by atoms with Crippen LogP contribution in [0.5, 0.6) is 0 Å². The second-order valence-corrected chi connectivity index (χ2v) is 9.16. The third-order valence-corrected chi connectivity index (χ3v) is 4.80. The minimum atomic E-state index is -3.67. The van der Waals surface area contributed by atoms with Crippen LogP contribution in [0.1, 0.15) is 29.9 Å². The molecule has 0 saturated carbocycles. The summed E-state index contributed by atoms with van der Waals surface area (Å²) >= 11 is 0. The molecule has 4 N–H and O–H groups in total. The predicted molar refractivity (Wildman–Crippen MR) is 116 cm³/mol. The van der Waals surface area contributed by atoms with Gasteiger partial charge in [0.1, 0.15) is 17.1 Å². The number of carbonyl (C=O) groups is 1. The van der Waals surface area contributed by atoms with Crippen molar-refractivity contribution in [1.29, 1.82) is 0 Å². The number of benzene rings is 1. The summed E-state index contributed by atoms with van der Waals surface area (Å²) in [5, 5.41) is 12.2. The van der Waals surface area contributed by atoms with Crippen LogP contribution in [0.15, 0.2) is 10.9 Å². The van der Waals surface area contributed by atoms with Gasteiger partial charge in [-0.2, -0.15) is 8.42 Å². The van der Waals surface area contributed by atoms with Crippen LogP contribution in [0.4, 0.5) is 14.5 Å². The highest BCUT2D eigenvalue weighted by Gasteiger charge is 2.31. The minimum Gasteiger partial charge on any atom is -0.477 e. The molecule has 0 bridgehead atoms. The number of anilines is 1. The van der Waals surface area contributed by atoms with Crippen molar-refractivity contribution in [1.82, 2.24) is 10.3 Å². The highest BCUT2D eigenvalue weighted by Crippen LogP contribution is 2.32. The van der Waals surface area contributed by atoms with Crippen LogP contribution >= 0.6 is 0 Å². The molecule has 1 aliphatic rings. The molecular weight excluding hydrogens is 448 g/mol. The Morgan fingerprint density at radius 1 is 1.28 bits per heavy atom. The lowest BCUT2D eigenvalue weighted by Gasteiger charge is -2.30. The first kappa shape index (κ1) is 25.3. The Morgan fingerprint density at radius 2 is 1.81 bits per heavy atom. The number of piperazine rings is 1. The molecule has 0 unspecified atom stereocenters. The molecule has 0 amide bonds. The van der Waals surface area contributed by atoms with E-state index in [4.69, 9.17) is 11.0 Å². The highest BCUT2D eigenvalue weighted by atomic mass is 32.2. The summed E-state index contributed by atoms with van der Waals surface area (Å²) in [5.74, 6) is -0.950. The number of terminal acetylenes is 1. The molecule has 1 saturated heterocycles. The van der Waals surface area contributed by atoms with Gasteiger partial charge in [0.25, 0.3) is 10.1 Å². The van der Waals surface area contributed by atoms with Crippen LogP contribution in [0.25, 0.3) is 10.9 Å². The maximum absolute atomic E-state index is 15.2. The molecular formula is C20H23F2N3O6S. The molecule has 12 heteroatoms. The van der Waals surface area contributed by atoms with E-state index >= 15 is 4.39 Å². The summed E-state index contributed by atoms with van der Waals surface area (Å²) in [4.78, 5) is 28.6. The van der Waals surface area contributed by atoms with Crippen molar-refractivity contribution in [2.24, 2.45) is 0 Å². The zero-order valence-corrected chi connectivity index (χ0v) is 18.4. The smallest absolute Gasteiger partial charge is 0.341 e. The Bertz CT molecular complexity index is 1250. The van der Waals surface area contributed by atoms with Gasteiger partial charge in [-0.05, 0) is 19.9 Å². The number of pyridine rings is 1. The highest BCUT2D eigenvalue weighted by molar-refractivity contribution is 7.85. The molecule has 1 aliphatic heterocycles. The van der Waals surface area contributed by atoms with Gasteiger partial charge in [-0.15, -0.1) is 6.42 Å². The number of aromatic nitrogens is 1. The summed E-state index contributed by atoms with van der Waals surface area (Å²) in [6, 6.07) is 0.883. The van der Waals surface area contributed by atoms with Gasteiger partial charge in [-0.3, -0.25) is 9.35 Å². The standard InChI is InChI=1S/C19H19F2N3O3.CH4O3S/c1-4-19(2,3)17-12(18(26)27)16(25)10-9-11(20)15(13(21)14(10)23-17)24-7-5-22-6-8-24;1-5(2,3)4/h1,9,22H,5-8H2,2-3H3,(H,23,25)(H,26,27);1H3,(H,2,3,4). The van der Waals surface area contributed by atoms with Gasteiger partial charge in [-0.25, -0.2) is 13.6 Å². The van der Waals surface area contributed by atoms with Gasteiger partial charge in [0, 0.05) is 26.2 Å². The number of halogens is 2. The fraction of sp³-hybridized carbons (Fsp3) is 0.400. The molecule has 32 heavy (non-hydrogen) atoms. The van der Waals surface area contributed by atoms with Crippen molar-refractivity contribution in [2.75, 3.05) is 37.3 Å². The molecule has 0 atom stereocenters. The third-order valence-electron chi connectivity index (χ3n) is 4.80. The van der Waals surface area contributed by atoms with E-state index < -0.39 is 44.1 Å². The Labute approximate surface area is 183 Å². The summed E-state index contributed by atoms with van der Waals surface area (Å²) in [5.41, 5.74) is -3.34. The number of aromatic amines is 1. The van der Waals surface area contributed by atoms with Crippen LogP contribution in [0, 0.1) is 24.0 Å². The molecule has 1 fully saturated rings. The molecule has 2 aromatic rings. The number of aromatic carboxylic acids is 1. The van der Waals surface area contributed by atoms with E-state index in [1.165, 1.54) is 13.8 Å². The van der Waals surface area contributed by atoms with Crippen LogP contribution in [-0.2, 0) is 15.5 Å². The molecule has 0 aliphatic carbocycles. The van der Waals surface area contributed by atoms with Crippen molar-refractivity contribution < 1.29 is 31.7 Å². The van der Waals surface area contributed by atoms with E-state index in [-0.39, 0.29) is 22.3 Å². The number of rotatable bonds is 3. The predicted octanol–water partition coefficient (Wildman–Crippen LogP) is 1.33. The summed E-state index contributed by atoms with van der Waals surface area (Å²) in [6.45, 7) is 5.02. The zero-order valence-electron chi connectivity index (χ0n) is 17.6. The Morgan fingerprint density at radius 3 is 2.28 bits per heavy atom. The quantitative estimate of drug-likeness (QED) is 0.388. The van der Waals surface area contributed by atoms with Crippen LogP contribution < -0.4 is 15.6 Å². The number of nitrogens with zero attached hydrogens (tertiary/aromatic N) is 1. The molecule has 174 valence electrons. The maximum Gasteiger partial charge on any atom is 0.341 e. The van der Waals surface area contributed by atoms with Gasteiger partial charge in [0.15, 0.2) is 5.82 Å². The van der Waals surface area contributed by atoms with Gasteiger partial charge < -0.3 is 20.3 Å². The van der Waals surface area contributed by atoms with E-state index in [9.17, 15) is 27.5 Å². The minimum absolute atomic E-state index is 0.0910. The summed E-state index contributed by atoms with van der Waals surface area (Å²) in [7, 11) is -3.67. The molecule has 3 rings (SSSR count). The molecule has 2 heterocycles. The van der Waals surface area contributed by atoms with Crippen molar-refractivity contribution in [3.05, 3.63) is 39.2 Å². The fourth-order valence-corrected chi connectivity index (χ4v) is 3.27. The molecule has 0 radical (unpaired) electrons. The van der Waals surface area contributed by atoms with E-state index in [1.807, 2.05) is 0 Å². The van der Waals surface area contributed by atoms with Crippen molar-refractivity contribution in [3.63, 3.8) is 0 Å². The number of fused-ring (bicyclic) bond motifs is 1. The largest absolute Gasteiger partial charge is 0.477 e. The molecule has 1 aromatic heterocycles. The number of carboxylic acids is 1. The number of carboxylic acid groups (broad SMARTS) is 1. The lowest BCUT2D eigenvalue weighted by molar-refractivity contribution is 0.0692. The second-order valence-electron chi connectivity index (χ2n) is 7.69. The Kier molecular flexibility index (Phi) is 7.29. The van der Waals surface area contributed by atoms with Crippen molar-refractivity contribution >= 4 is 32.7 Å². The summed E-state index contributed by atoms with van der Waals surface area (Å²) in [6.07, 6.45) is 6.19. The topological polar surface area (TPSA) is 140 Å².